The van der Waals surface area contributed by atoms with Crippen molar-refractivity contribution in [2.45, 2.75) is 25.6 Å². The minimum Gasteiger partial charge on any atom is -0.396 e. The maximum Gasteiger partial charge on any atom is 0.416 e. The molecule has 1 atom stereocenters. The second-order valence-corrected chi connectivity index (χ2v) is 4.55. The van der Waals surface area contributed by atoms with E-state index in [0.717, 1.165) is 18.2 Å². The number of carbonyl (C=O) groups excluding carboxylic acids is 1. The Hall–Kier alpha value is -1.27. The molecule has 1 aromatic rings. The minimum atomic E-state index is -4.56. The van der Waals surface area contributed by atoms with E-state index in [1.54, 1.807) is 6.92 Å². The first-order valence-electron chi connectivity index (χ1n) is 5.53. The smallest absolute Gasteiger partial charge is 0.396 e. The SMILES string of the molecule is C[C@@H](CCO)NC(=O)c1cc(Cl)cc(C(F)(F)F)c1. The highest BCUT2D eigenvalue weighted by Gasteiger charge is 2.31. The van der Waals surface area contributed by atoms with Crippen LogP contribution in [0.15, 0.2) is 18.2 Å². The van der Waals surface area contributed by atoms with Gasteiger partial charge in [-0.25, -0.2) is 0 Å². The number of alkyl halides is 3. The molecule has 1 amide bonds. The predicted molar refractivity (Wildman–Crippen MR) is 65.1 cm³/mol. The van der Waals surface area contributed by atoms with E-state index in [-0.39, 0.29) is 23.2 Å². The van der Waals surface area contributed by atoms with Crippen molar-refractivity contribution in [3.63, 3.8) is 0 Å². The molecule has 7 heteroatoms. The number of aliphatic hydroxyl groups excluding tert-OH is 1. The fraction of sp³-hybridized carbons (Fsp3) is 0.417. The van der Waals surface area contributed by atoms with E-state index in [1.165, 1.54) is 0 Å². The van der Waals surface area contributed by atoms with Gasteiger partial charge in [0.05, 0.1) is 5.56 Å². The van der Waals surface area contributed by atoms with E-state index in [4.69, 9.17) is 16.7 Å². The van der Waals surface area contributed by atoms with Crippen LogP contribution >= 0.6 is 11.6 Å². The monoisotopic (exact) mass is 295 g/mol. The van der Waals surface area contributed by atoms with E-state index >= 15 is 0 Å². The Bertz CT molecular complexity index is 463. The van der Waals surface area contributed by atoms with E-state index in [9.17, 15) is 18.0 Å². The maximum absolute atomic E-state index is 12.6. The Kier molecular flexibility index (Phi) is 5.20. The standard InChI is InChI=1S/C12H13ClF3NO2/c1-7(2-3-18)17-11(19)8-4-9(12(14,15)16)6-10(13)5-8/h4-7,18H,2-3H2,1H3,(H,17,19)/t7-/m0/s1. The topological polar surface area (TPSA) is 49.3 Å². The molecule has 1 aromatic carbocycles. The molecule has 0 heterocycles. The molecule has 0 unspecified atom stereocenters. The molecule has 0 saturated carbocycles. The first kappa shape index (κ1) is 15.8. The lowest BCUT2D eigenvalue weighted by molar-refractivity contribution is -0.137. The summed E-state index contributed by atoms with van der Waals surface area (Å²) in [5, 5.41) is 11.0. The number of hydrogen-bond acceptors (Lipinski definition) is 2. The van der Waals surface area contributed by atoms with Crippen LogP contribution in [0, 0.1) is 0 Å². The molecule has 3 nitrogen and oxygen atoms in total. The number of benzene rings is 1. The summed E-state index contributed by atoms with van der Waals surface area (Å²) in [6.07, 6.45) is -4.24. The Morgan fingerprint density at radius 3 is 2.58 bits per heavy atom. The normalized spacial score (nSPS) is 13.2. The zero-order valence-corrected chi connectivity index (χ0v) is 10.8. The molecular formula is C12H13ClF3NO2. The maximum atomic E-state index is 12.6. The van der Waals surface area contributed by atoms with Crippen LogP contribution in [0.3, 0.4) is 0 Å². The van der Waals surface area contributed by atoms with Crippen molar-refractivity contribution in [1.82, 2.24) is 5.32 Å². The summed E-state index contributed by atoms with van der Waals surface area (Å²) in [6.45, 7) is 1.52. The predicted octanol–water partition coefficient (Wildman–Crippen LogP) is 2.86. The Labute approximate surface area is 113 Å². The van der Waals surface area contributed by atoms with Crippen molar-refractivity contribution in [1.29, 1.82) is 0 Å². The fourth-order valence-electron chi connectivity index (χ4n) is 1.46. The molecule has 0 aliphatic carbocycles. The summed E-state index contributed by atoms with van der Waals surface area (Å²) >= 11 is 5.58. The third-order valence-corrected chi connectivity index (χ3v) is 2.65. The van der Waals surface area contributed by atoms with Crippen molar-refractivity contribution in [3.8, 4) is 0 Å². The van der Waals surface area contributed by atoms with Crippen LogP contribution in [0.25, 0.3) is 0 Å². The molecular weight excluding hydrogens is 283 g/mol. The summed E-state index contributed by atoms with van der Waals surface area (Å²) in [6, 6.07) is 2.32. The highest BCUT2D eigenvalue weighted by Crippen LogP contribution is 2.31. The van der Waals surface area contributed by atoms with Gasteiger partial charge in [-0.1, -0.05) is 11.6 Å². The lowest BCUT2D eigenvalue weighted by Crippen LogP contribution is -2.33. The first-order chi connectivity index (χ1) is 8.74. The van der Waals surface area contributed by atoms with Crippen LogP contribution in [0.1, 0.15) is 29.3 Å². The molecule has 0 saturated heterocycles. The number of halogens is 4. The average molecular weight is 296 g/mol. The van der Waals surface area contributed by atoms with E-state index < -0.39 is 17.6 Å². The molecule has 0 spiro atoms. The van der Waals surface area contributed by atoms with Gasteiger partial charge in [0.1, 0.15) is 0 Å². The highest BCUT2D eigenvalue weighted by molar-refractivity contribution is 6.31. The molecule has 0 aromatic heterocycles. The molecule has 0 radical (unpaired) electrons. The minimum absolute atomic E-state index is 0.120. The Morgan fingerprint density at radius 1 is 1.42 bits per heavy atom. The summed E-state index contributed by atoms with van der Waals surface area (Å²) in [5.41, 5.74) is -1.13. The van der Waals surface area contributed by atoms with Gasteiger partial charge in [0.15, 0.2) is 0 Å². The van der Waals surface area contributed by atoms with Gasteiger partial charge < -0.3 is 10.4 Å². The second-order valence-electron chi connectivity index (χ2n) is 4.11. The third kappa shape index (κ3) is 4.72. The van der Waals surface area contributed by atoms with Gasteiger partial charge in [0.2, 0.25) is 0 Å². The lowest BCUT2D eigenvalue weighted by Gasteiger charge is -2.14. The van der Waals surface area contributed by atoms with Crippen molar-refractivity contribution >= 4 is 17.5 Å². The van der Waals surface area contributed by atoms with Crippen LogP contribution in [0.2, 0.25) is 5.02 Å². The number of hydrogen-bond donors (Lipinski definition) is 2. The van der Waals surface area contributed by atoms with Gasteiger partial charge in [-0.15, -0.1) is 0 Å². The fourth-order valence-corrected chi connectivity index (χ4v) is 1.69. The van der Waals surface area contributed by atoms with Gasteiger partial charge in [-0.2, -0.15) is 13.2 Å². The van der Waals surface area contributed by atoms with Gasteiger partial charge in [0.25, 0.3) is 5.91 Å². The van der Waals surface area contributed by atoms with E-state index in [0.29, 0.717) is 6.42 Å². The number of carbonyl (C=O) groups is 1. The van der Waals surface area contributed by atoms with Gasteiger partial charge in [-0.05, 0) is 31.5 Å². The van der Waals surface area contributed by atoms with Gasteiger partial charge in [-0.3, -0.25) is 4.79 Å². The largest absolute Gasteiger partial charge is 0.416 e. The van der Waals surface area contributed by atoms with Gasteiger partial charge >= 0.3 is 6.18 Å². The van der Waals surface area contributed by atoms with Crippen LogP contribution in [-0.4, -0.2) is 23.7 Å². The van der Waals surface area contributed by atoms with Crippen molar-refractivity contribution in [2.24, 2.45) is 0 Å². The molecule has 106 valence electrons. The zero-order chi connectivity index (χ0) is 14.6. The first-order valence-corrected chi connectivity index (χ1v) is 5.91. The van der Waals surface area contributed by atoms with Crippen molar-refractivity contribution < 1.29 is 23.1 Å². The van der Waals surface area contributed by atoms with E-state index in [2.05, 4.69) is 5.32 Å². The number of amides is 1. The van der Waals surface area contributed by atoms with Crippen LogP contribution in [0.5, 0.6) is 0 Å². The number of nitrogens with one attached hydrogen (secondary N) is 1. The van der Waals surface area contributed by atoms with Crippen LogP contribution in [0.4, 0.5) is 13.2 Å². The molecule has 0 bridgehead atoms. The van der Waals surface area contributed by atoms with Gasteiger partial charge in [0, 0.05) is 23.2 Å². The molecule has 19 heavy (non-hydrogen) atoms. The molecule has 1 rings (SSSR count). The average Bonchev–Trinajstić information content (AvgIpc) is 2.27. The number of aliphatic hydroxyl groups is 1. The molecule has 2 N–H and O–H groups in total. The molecule has 0 aliphatic rings. The van der Waals surface area contributed by atoms with E-state index in [1.807, 2.05) is 0 Å². The molecule has 0 fully saturated rings. The summed E-state index contributed by atoms with van der Waals surface area (Å²) < 4.78 is 37.7. The van der Waals surface area contributed by atoms with Crippen LogP contribution in [-0.2, 0) is 6.18 Å². The second kappa shape index (κ2) is 6.25. The van der Waals surface area contributed by atoms with Crippen LogP contribution < -0.4 is 5.32 Å². The summed E-state index contributed by atoms with van der Waals surface area (Å²) in [5.74, 6) is -0.658. The lowest BCUT2D eigenvalue weighted by atomic mass is 10.1. The quantitative estimate of drug-likeness (QED) is 0.897. The summed E-state index contributed by atoms with van der Waals surface area (Å²) in [7, 11) is 0. The van der Waals surface area contributed by atoms with Crippen molar-refractivity contribution in [2.75, 3.05) is 6.61 Å². The highest BCUT2D eigenvalue weighted by atomic mass is 35.5. The number of rotatable bonds is 4. The molecule has 0 aliphatic heterocycles. The van der Waals surface area contributed by atoms with Crippen molar-refractivity contribution in [3.05, 3.63) is 34.3 Å². The Balaban J connectivity index is 2.95. The third-order valence-electron chi connectivity index (χ3n) is 2.43. The zero-order valence-electron chi connectivity index (χ0n) is 10.1. The Morgan fingerprint density at radius 2 is 2.05 bits per heavy atom. The summed E-state index contributed by atoms with van der Waals surface area (Å²) in [4.78, 5) is 11.7.